The maximum absolute atomic E-state index is 11.7. The van der Waals surface area contributed by atoms with Crippen molar-refractivity contribution in [1.29, 1.82) is 0 Å². The average molecular weight is 304 g/mol. The van der Waals surface area contributed by atoms with Gasteiger partial charge in [0.25, 0.3) is 0 Å². The molecule has 1 aromatic rings. The number of nitrogens with zero attached hydrogens (tertiary/aromatic N) is 1. The van der Waals surface area contributed by atoms with E-state index >= 15 is 0 Å². The standard InChI is InChI=1S/C17H24N2O3/c1-13(20)19-11-15(7-8-17(21)22)9-16(12-19)18-10-14-5-3-2-4-6-14/h2-6,15-16,18H,7-12H2,1H3,(H,21,22). The Morgan fingerprint density at radius 3 is 2.64 bits per heavy atom. The van der Waals surface area contributed by atoms with E-state index in [2.05, 4.69) is 17.4 Å². The van der Waals surface area contributed by atoms with Crippen LogP contribution in [0.4, 0.5) is 0 Å². The van der Waals surface area contributed by atoms with Gasteiger partial charge < -0.3 is 15.3 Å². The molecule has 5 heteroatoms. The fourth-order valence-electron chi connectivity index (χ4n) is 3.00. The molecular weight excluding hydrogens is 280 g/mol. The Labute approximate surface area is 131 Å². The van der Waals surface area contributed by atoms with E-state index in [9.17, 15) is 9.59 Å². The van der Waals surface area contributed by atoms with Crippen molar-refractivity contribution in [3.63, 3.8) is 0 Å². The Kier molecular flexibility index (Phi) is 5.95. The fraction of sp³-hybridized carbons (Fsp3) is 0.529. The highest BCUT2D eigenvalue weighted by atomic mass is 16.4. The Bertz CT molecular complexity index is 504. The number of likely N-dealkylation sites (tertiary alicyclic amines) is 1. The zero-order chi connectivity index (χ0) is 15.9. The lowest BCUT2D eigenvalue weighted by Gasteiger charge is -2.38. The van der Waals surface area contributed by atoms with Crippen molar-refractivity contribution in [2.45, 2.75) is 38.8 Å². The monoisotopic (exact) mass is 304 g/mol. The van der Waals surface area contributed by atoms with Gasteiger partial charge in [0.15, 0.2) is 0 Å². The lowest BCUT2D eigenvalue weighted by atomic mass is 9.90. The second kappa shape index (κ2) is 7.94. The summed E-state index contributed by atoms with van der Waals surface area (Å²) < 4.78 is 0. The molecule has 2 unspecified atom stereocenters. The number of hydrogen-bond donors (Lipinski definition) is 2. The van der Waals surface area contributed by atoms with Crippen LogP contribution in [0.1, 0.15) is 31.7 Å². The lowest BCUT2D eigenvalue weighted by molar-refractivity contribution is -0.137. The molecule has 2 N–H and O–H groups in total. The number of carboxylic acids is 1. The first-order valence-electron chi connectivity index (χ1n) is 7.79. The van der Waals surface area contributed by atoms with E-state index in [4.69, 9.17) is 5.11 Å². The van der Waals surface area contributed by atoms with E-state index in [1.165, 1.54) is 5.56 Å². The van der Waals surface area contributed by atoms with Crippen LogP contribution in [-0.2, 0) is 16.1 Å². The summed E-state index contributed by atoms with van der Waals surface area (Å²) in [5, 5.41) is 12.3. The van der Waals surface area contributed by atoms with Gasteiger partial charge in [-0.3, -0.25) is 9.59 Å². The van der Waals surface area contributed by atoms with Crippen LogP contribution in [0.5, 0.6) is 0 Å². The van der Waals surface area contributed by atoms with Crippen molar-refractivity contribution in [3.05, 3.63) is 35.9 Å². The summed E-state index contributed by atoms with van der Waals surface area (Å²) in [5.74, 6) is -0.456. The summed E-state index contributed by atoms with van der Waals surface area (Å²) >= 11 is 0. The molecule has 0 bridgehead atoms. The number of aliphatic carboxylic acids is 1. The van der Waals surface area contributed by atoms with E-state index in [-0.39, 0.29) is 24.3 Å². The van der Waals surface area contributed by atoms with E-state index < -0.39 is 5.97 Å². The maximum atomic E-state index is 11.7. The molecule has 2 atom stereocenters. The van der Waals surface area contributed by atoms with E-state index in [0.29, 0.717) is 19.5 Å². The van der Waals surface area contributed by atoms with Gasteiger partial charge in [0.1, 0.15) is 0 Å². The first-order valence-corrected chi connectivity index (χ1v) is 7.79. The topological polar surface area (TPSA) is 69.6 Å². The number of hydrogen-bond acceptors (Lipinski definition) is 3. The maximum Gasteiger partial charge on any atom is 0.303 e. The van der Waals surface area contributed by atoms with Crippen molar-refractivity contribution in [1.82, 2.24) is 10.2 Å². The molecule has 0 aliphatic carbocycles. The Morgan fingerprint density at radius 1 is 1.27 bits per heavy atom. The molecule has 1 aliphatic rings. The minimum atomic E-state index is -0.770. The van der Waals surface area contributed by atoms with Crippen LogP contribution in [0, 0.1) is 5.92 Å². The molecule has 1 aromatic carbocycles. The van der Waals surface area contributed by atoms with Gasteiger partial charge >= 0.3 is 5.97 Å². The summed E-state index contributed by atoms with van der Waals surface area (Å²) in [6.45, 7) is 3.72. The van der Waals surface area contributed by atoms with Crippen molar-refractivity contribution < 1.29 is 14.7 Å². The second-order valence-electron chi connectivity index (χ2n) is 6.02. The number of benzene rings is 1. The predicted molar refractivity (Wildman–Crippen MR) is 84.3 cm³/mol. The smallest absolute Gasteiger partial charge is 0.303 e. The third-order valence-electron chi connectivity index (χ3n) is 4.19. The van der Waals surface area contributed by atoms with Gasteiger partial charge in [0.05, 0.1) is 0 Å². The van der Waals surface area contributed by atoms with Crippen molar-refractivity contribution in [3.8, 4) is 0 Å². The lowest BCUT2D eigenvalue weighted by Crippen LogP contribution is -2.50. The van der Waals surface area contributed by atoms with Crippen LogP contribution in [0.15, 0.2) is 30.3 Å². The largest absolute Gasteiger partial charge is 0.481 e. The van der Waals surface area contributed by atoms with Gasteiger partial charge in [0.2, 0.25) is 5.91 Å². The van der Waals surface area contributed by atoms with E-state index in [1.807, 2.05) is 23.1 Å². The van der Waals surface area contributed by atoms with Crippen molar-refractivity contribution in [2.75, 3.05) is 13.1 Å². The van der Waals surface area contributed by atoms with Crippen molar-refractivity contribution >= 4 is 11.9 Å². The first-order chi connectivity index (χ1) is 10.5. The highest BCUT2D eigenvalue weighted by molar-refractivity contribution is 5.73. The molecule has 1 heterocycles. The SMILES string of the molecule is CC(=O)N1CC(CCC(=O)O)CC(NCc2ccccc2)C1. The highest BCUT2D eigenvalue weighted by Gasteiger charge is 2.28. The molecule has 0 radical (unpaired) electrons. The Balaban J connectivity index is 1.90. The third-order valence-corrected chi connectivity index (χ3v) is 4.19. The van der Waals surface area contributed by atoms with Crippen LogP contribution in [0.3, 0.4) is 0 Å². The number of rotatable bonds is 6. The number of carbonyl (C=O) groups is 2. The molecule has 1 amide bonds. The average Bonchev–Trinajstić information content (AvgIpc) is 2.52. The molecule has 1 saturated heterocycles. The summed E-state index contributed by atoms with van der Waals surface area (Å²) in [6, 6.07) is 10.4. The number of piperidine rings is 1. The van der Waals surface area contributed by atoms with Gasteiger partial charge in [-0.25, -0.2) is 0 Å². The summed E-state index contributed by atoms with van der Waals surface area (Å²) in [7, 11) is 0. The molecule has 0 aromatic heterocycles. The quantitative estimate of drug-likeness (QED) is 0.842. The van der Waals surface area contributed by atoms with Gasteiger partial charge in [-0.1, -0.05) is 30.3 Å². The molecule has 22 heavy (non-hydrogen) atoms. The minimum absolute atomic E-state index is 0.0616. The molecule has 1 aliphatic heterocycles. The number of carbonyl (C=O) groups excluding carboxylic acids is 1. The van der Waals surface area contributed by atoms with Crippen LogP contribution >= 0.6 is 0 Å². The molecule has 5 nitrogen and oxygen atoms in total. The molecule has 120 valence electrons. The normalized spacial score (nSPS) is 21.6. The number of amides is 1. The van der Waals surface area contributed by atoms with Crippen molar-refractivity contribution in [2.24, 2.45) is 5.92 Å². The van der Waals surface area contributed by atoms with Gasteiger partial charge in [-0.05, 0) is 24.3 Å². The molecule has 0 spiro atoms. The van der Waals surface area contributed by atoms with Gasteiger partial charge in [0, 0.05) is 39.0 Å². The minimum Gasteiger partial charge on any atom is -0.481 e. The van der Waals surface area contributed by atoms with Crippen LogP contribution in [-0.4, -0.2) is 41.0 Å². The van der Waals surface area contributed by atoms with Crippen LogP contribution in [0.25, 0.3) is 0 Å². The molecule has 0 saturated carbocycles. The fourth-order valence-corrected chi connectivity index (χ4v) is 3.00. The van der Waals surface area contributed by atoms with Gasteiger partial charge in [-0.2, -0.15) is 0 Å². The highest BCUT2D eigenvalue weighted by Crippen LogP contribution is 2.22. The third kappa shape index (κ3) is 5.15. The molecular formula is C17H24N2O3. The molecule has 2 rings (SSSR count). The number of nitrogens with one attached hydrogen (secondary N) is 1. The van der Waals surface area contributed by atoms with E-state index in [0.717, 1.165) is 13.0 Å². The molecule has 1 fully saturated rings. The van der Waals surface area contributed by atoms with E-state index in [1.54, 1.807) is 6.92 Å². The summed E-state index contributed by atoms with van der Waals surface area (Å²) in [4.78, 5) is 24.3. The Hall–Kier alpha value is -1.88. The van der Waals surface area contributed by atoms with Gasteiger partial charge in [-0.15, -0.1) is 0 Å². The Morgan fingerprint density at radius 2 is 2.00 bits per heavy atom. The van der Waals surface area contributed by atoms with Crippen LogP contribution < -0.4 is 5.32 Å². The number of carboxylic acid groups (broad SMARTS) is 1. The second-order valence-corrected chi connectivity index (χ2v) is 6.02. The predicted octanol–water partition coefficient (Wildman–Crippen LogP) is 1.88. The summed E-state index contributed by atoms with van der Waals surface area (Å²) in [6.07, 6.45) is 1.72. The zero-order valence-electron chi connectivity index (χ0n) is 13.0. The first kappa shape index (κ1) is 16.5. The zero-order valence-corrected chi connectivity index (χ0v) is 13.0. The summed E-state index contributed by atoms with van der Waals surface area (Å²) in [5.41, 5.74) is 1.21. The van der Waals surface area contributed by atoms with Crippen LogP contribution in [0.2, 0.25) is 0 Å².